The van der Waals surface area contributed by atoms with Crippen molar-refractivity contribution in [1.29, 1.82) is 0 Å². The van der Waals surface area contributed by atoms with Crippen LogP contribution in [0.1, 0.15) is 30.6 Å². The molecule has 1 aliphatic heterocycles. The number of esters is 1. The standard InChI is InChI=1S/C15H21ClN2O3/c1-3-21-15(19)12-6-11(17)7-13(16)14(12)18-9(2)10-4-5-20-8-10/h6-7,9-10,18H,3-5,8,17H2,1-2H3. The Morgan fingerprint density at radius 2 is 2.38 bits per heavy atom. The van der Waals surface area contributed by atoms with Gasteiger partial charge in [-0.1, -0.05) is 11.6 Å². The molecule has 1 saturated heterocycles. The Balaban J connectivity index is 2.25. The summed E-state index contributed by atoms with van der Waals surface area (Å²) in [6.45, 7) is 5.61. The summed E-state index contributed by atoms with van der Waals surface area (Å²) < 4.78 is 10.5. The van der Waals surface area contributed by atoms with E-state index in [9.17, 15) is 4.79 Å². The highest BCUT2D eigenvalue weighted by molar-refractivity contribution is 6.34. The van der Waals surface area contributed by atoms with E-state index < -0.39 is 5.97 Å². The van der Waals surface area contributed by atoms with E-state index in [1.54, 1.807) is 19.1 Å². The number of nitrogens with two attached hydrogens (primary N) is 1. The second kappa shape index (κ2) is 7.00. The van der Waals surface area contributed by atoms with Crippen LogP contribution in [-0.2, 0) is 9.47 Å². The van der Waals surface area contributed by atoms with Crippen molar-refractivity contribution in [3.63, 3.8) is 0 Å². The Morgan fingerprint density at radius 3 is 3.00 bits per heavy atom. The molecule has 1 aliphatic rings. The van der Waals surface area contributed by atoms with Crippen LogP contribution in [0.15, 0.2) is 12.1 Å². The molecule has 2 rings (SSSR count). The maximum absolute atomic E-state index is 12.1. The first kappa shape index (κ1) is 15.9. The molecule has 0 spiro atoms. The smallest absolute Gasteiger partial charge is 0.340 e. The van der Waals surface area contributed by atoms with Gasteiger partial charge in [0.2, 0.25) is 0 Å². The van der Waals surface area contributed by atoms with E-state index in [1.165, 1.54) is 0 Å². The van der Waals surface area contributed by atoms with Crippen LogP contribution < -0.4 is 11.1 Å². The van der Waals surface area contributed by atoms with Crippen LogP contribution in [0.5, 0.6) is 0 Å². The lowest BCUT2D eigenvalue weighted by molar-refractivity contribution is 0.0527. The molecule has 21 heavy (non-hydrogen) atoms. The van der Waals surface area contributed by atoms with Crippen LogP contribution in [0, 0.1) is 5.92 Å². The van der Waals surface area contributed by atoms with Gasteiger partial charge in [-0.15, -0.1) is 0 Å². The van der Waals surface area contributed by atoms with Crippen LogP contribution >= 0.6 is 11.6 Å². The average Bonchev–Trinajstić information content (AvgIpc) is 2.95. The predicted octanol–water partition coefficient (Wildman–Crippen LogP) is 2.94. The Labute approximate surface area is 129 Å². The van der Waals surface area contributed by atoms with Gasteiger partial charge in [0.1, 0.15) is 0 Å². The first-order valence-corrected chi connectivity index (χ1v) is 7.51. The minimum Gasteiger partial charge on any atom is -0.462 e. The van der Waals surface area contributed by atoms with E-state index in [-0.39, 0.29) is 6.04 Å². The number of nitrogens with one attached hydrogen (secondary N) is 1. The van der Waals surface area contributed by atoms with Crippen molar-refractivity contribution in [2.75, 3.05) is 30.9 Å². The summed E-state index contributed by atoms with van der Waals surface area (Å²) in [5.41, 5.74) is 7.15. The summed E-state index contributed by atoms with van der Waals surface area (Å²) in [5.74, 6) is -0.0299. The minimum atomic E-state index is -0.427. The highest BCUT2D eigenvalue weighted by Crippen LogP contribution is 2.32. The third kappa shape index (κ3) is 3.80. The highest BCUT2D eigenvalue weighted by Gasteiger charge is 2.25. The monoisotopic (exact) mass is 312 g/mol. The second-order valence-electron chi connectivity index (χ2n) is 5.20. The summed E-state index contributed by atoms with van der Waals surface area (Å²) in [6, 6.07) is 3.36. The quantitative estimate of drug-likeness (QED) is 0.646. The Hall–Kier alpha value is -1.46. The summed E-state index contributed by atoms with van der Waals surface area (Å²) in [6.07, 6.45) is 0.996. The van der Waals surface area contributed by atoms with Gasteiger partial charge in [0.15, 0.2) is 0 Å². The van der Waals surface area contributed by atoms with Gasteiger partial charge in [-0.05, 0) is 32.4 Å². The van der Waals surface area contributed by atoms with E-state index >= 15 is 0 Å². The molecule has 0 radical (unpaired) electrons. The fourth-order valence-electron chi connectivity index (χ4n) is 2.44. The SMILES string of the molecule is CCOC(=O)c1cc(N)cc(Cl)c1NC(C)C1CCOC1. The van der Waals surface area contributed by atoms with Crippen molar-refractivity contribution in [1.82, 2.24) is 0 Å². The molecular weight excluding hydrogens is 292 g/mol. The van der Waals surface area contributed by atoms with Gasteiger partial charge < -0.3 is 20.5 Å². The molecule has 1 aromatic rings. The minimum absolute atomic E-state index is 0.141. The van der Waals surface area contributed by atoms with Crippen molar-refractivity contribution in [3.05, 3.63) is 22.7 Å². The summed E-state index contributed by atoms with van der Waals surface area (Å²) in [5, 5.41) is 3.74. The molecular formula is C15H21ClN2O3. The number of anilines is 2. The van der Waals surface area contributed by atoms with Crippen molar-refractivity contribution >= 4 is 28.9 Å². The van der Waals surface area contributed by atoms with Crippen molar-refractivity contribution in [2.24, 2.45) is 5.92 Å². The summed E-state index contributed by atoms with van der Waals surface area (Å²) >= 11 is 6.25. The lowest BCUT2D eigenvalue weighted by Crippen LogP contribution is -2.27. The zero-order chi connectivity index (χ0) is 15.4. The highest BCUT2D eigenvalue weighted by atomic mass is 35.5. The lowest BCUT2D eigenvalue weighted by atomic mass is 10.00. The van der Waals surface area contributed by atoms with Gasteiger partial charge in [0.25, 0.3) is 0 Å². The molecule has 6 heteroatoms. The normalized spacial score (nSPS) is 19.3. The van der Waals surface area contributed by atoms with E-state index in [4.69, 9.17) is 26.8 Å². The Kier molecular flexibility index (Phi) is 5.31. The van der Waals surface area contributed by atoms with Gasteiger partial charge in [0, 0.05) is 24.3 Å². The molecule has 116 valence electrons. The van der Waals surface area contributed by atoms with Gasteiger partial charge in [-0.25, -0.2) is 4.79 Å². The molecule has 2 atom stereocenters. The van der Waals surface area contributed by atoms with Crippen LogP contribution in [0.25, 0.3) is 0 Å². The fourth-order valence-corrected chi connectivity index (χ4v) is 2.72. The van der Waals surface area contributed by atoms with Gasteiger partial charge in [-0.2, -0.15) is 0 Å². The zero-order valence-corrected chi connectivity index (χ0v) is 13.1. The molecule has 3 N–H and O–H groups in total. The first-order valence-electron chi connectivity index (χ1n) is 7.13. The number of rotatable bonds is 5. The topological polar surface area (TPSA) is 73.6 Å². The van der Waals surface area contributed by atoms with Crippen LogP contribution in [0.2, 0.25) is 5.02 Å². The number of halogens is 1. The van der Waals surface area contributed by atoms with Gasteiger partial charge in [0.05, 0.1) is 29.5 Å². The largest absolute Gasteiger partial charge is 0.462 e. The number of nitrogen functional groups attached to an aromatic ring is 1. The van der Waals surface area contributed by atoms with Crippen LogP contribution in [0.3, 0.4) is 0 Å². The number of hydrogen-bond acceptors (Lipinski definition) is 5. The molecule has 0 bridgehead atoms. The van der Waals surface area contributed by atoms with E-state index in [0.29, 0.717) is 34.5 Å². The number of carbonyl (C=O) groups excluding carboxylic acids is 1. The summed E-state index contributed by atoms with van der Waals surface area (Å²) in [4.78, 5) is 12.1. The molecule has 0 aliphatic carbocycles. The zero-order valence-electron chi connectivity index (χ0n) is 12.3. The molecule has 1 fully saturated rings. The van der Waals surface area contributed by atoms with Crippen molar-refractivity contribution in [2.45, 2.75) is 26.3 Å². The maximum atomic E-state index is 12.1. The molecule has 5 nitrogen and oxygen atoms in total. The van der Waals surface area contributed by atoms with E-state index in [1.807, 2.05) is 0 Å². The number of benzene rings is 1. The number of hydrogen-bond donors (Lipinski definition) is 2. The average molecular weight is 313 g/mol. The number of ether oxygens (including phenoxy) is 2. The van der Waals surface area contributed by atoms with Crippen molar-refractivity contribution < 1.29 is 14.3 Å². The lowest BCUT2D eigenvalue weighted by Gasteiger charge is -2.23. The van der Waals surface area contributed by atoms with Gasteiger partial charge >= 0.3 is 5.97 Å². The third-order valence-electron chi connectivity index (χ3n) is 3.65. The van der Waals surface area contributed by atoms with Crippen LogP contribution in [-0.4, -0.2) is 31.8 Å². The molecule has 0 aromatic heterocycles. The fraction of sp³-hybridized carbons (Fsp3) is 0.533. The molecule has 0 saturated carbocycles. The number of carbonyl (C=O) groups is 1. The van der Waals surface area contributed by atoms with Crippen molar-refractivity contribution in [3.8, 4) is 0 Å². The maximum Gasteiger partial charge on any atom is 0.340 e. The van der Waals surface area contributed by atoms with E-state index in [0.717, 1.165) is 19.6 Å². The predicted molar refractivity (Wildman–Crippen MR) is 83.8 cm³/mol. The Morgan fingerprint density at radius 1 is 1.62 bits per heavy atom. The Bertz CT molecular complexity index is 516. The van der Waals surface area contributed by atoms with Gasteiger partial charge in [-0.3, -0.25) is 0 Å². The molecule has 2 unspecified atom stereocenters. The molecule has 1 heterocycles. The third-order valence-corrected chi connectivity index (χ3v) is 3.95. The summed E-state index contributed by atoms with van der Waals surface area (Å²) in [7, 11) is 0. The molecule has 1 aromatic carbocycles. The second-order valence-corrected chi connectivity index (χ2v) is 5.61. The van der Waals surface area contributed by atoms with Crippen LogP contribution in [0.4, 0.5) is 11.4 Å². The molecule has 0 amide bonds. The van der Waals surface area contributed by atoms with E-state index in [2.05, 4.69) is 12.2 Å². The first-order chi connectivity index (χ1) is 10.0.